The Kier molecular flexibility index (Phi) is 3.47. The van der Waals surface area contributed by atoms with Gasteiger partial charge >= 0.3 is 0 Å². The number of hydrogen-bond donors (Lipinski definition) is 0. The Labute approximate surface area is 170 Å². The predicted molar refractivity (Wildman–Crippen MR) is 105 cm³/mol. The fourth-order valence-electron chi connectivity index (χ4n) is 6.89. The van der Waals surface area contributed by atoms with E-state index in [-0.39, 0.29) is 23.6 Å². The van der Waals surface area contributed by atoms with Crippen LogP contribution in [0.1, 0.15) is 12.0 Å². The SMILES string of the molecule is CN1C(=O)[C@@H]2[C@@H]3C=C[C@]4([C@H]5C[C@H](CN(Cc6ccccc6)C5)CN4C3=O)[C@@H]2C1=O. The van der Waals surface area contributed by atoms with Crippen LogP contribution in [-0.4, -0.2) is 64.6 Å². The minimum absolute atomic E-state index is 0.0522. The molecule has 4 bridgehead atoms. The van der Waals surface area contributed by atoms with E-state index in [0.29, 0.717) is 12.5 Å². The molecule has 7 rings (SSSR count). The smallest absolute Gasteiger partial charge is 0.235 e. The highest BCUT2D eigenvalue weighted by Gasteiger charge is 2.71. The van der Waals surface area contributed by atoms with Gasteiger partial charge in [-0.2, -0.15) is 0 Å². The van der Waals surface area contributed by atoms with E-state index in [4.69, 9.17) is 0 Å². The lowest BCUT2D eigenvalue weighted by Crippen LogP contribution is -2.75. The number of fused-ring (bicyclic) bond motifs is 2. The van der Waals surface area contributed by atoms with E-state index in [1.807, 2.05) is 17.0 Å². The van der Waals surface area contributed by atoms with Crippen LogP contribution in [0.4, 0.5) is 0 Å². The van der Waals surface area contributed by atoms with Crippen LogP contribution in [0.25, 0.3) is 0 Å². The topological polar surface area (TPSA) is 60.9 Å². The molecular weight excluding hydrogens is 366 g/mol. The number of rotatable bonds is 2. The lowest BCUT2D eigenvalue weighted by Gasteiger charge is -2.64. The van der Waals surface area contributed by atoms with E-state index >= 15 is 0 Å². The van der Waals surface area contributed by atoms with E-state index < -0.39 is 23.3 Å². The summed E-state index contributed by atoms with van der Waals surface area (Å²) in [6.07, 6.45) is 5.07. The monoisotopic (exact) mass is 391 g/mol. The number of likely N-dealkylation sites (tertiary alicyclic amines) is 2. The zero-order chi connectivity index (χ0) is 19.9. The Balaban J connectivity index is 1.39. The molecule has 1 aliphatic carbocycles. The number of hydrogen-bond acceptors (Lipinski definition) is 4. The lowest BCUT2D eigenvalue weighted by atomic mass is 9.54. The molecule has 6 heteroatoms. The molecule has 0 N–H and O–H groups in total. The van der Waals surface area contributed by atoms with Crippen LogP contribution in [-0.2, 0) is 20.9 Å². The van der Waals surface area contributed by atoms with Gasteiger partial charge in [-0.05, 0) is 23.8 Å². The average molecular weight is 391 g/mol. The summed E-state index contributed by atoms with van der Waals surface area (Å²) in [5.74, 6) is -1.04. The highest BCUT2D eigenvalue weighted by atomic mass is 16.2. The fourth-order valence-corrected chi connectivity index (χ4v) is 6.89. The number of benzene rings is 1. The number of nitrogens with zero attached hydrogens (tertiary/aromatic N) is 3. The van der Waals surface area contributed by atoms with Crippen molar-refractivity contribution in [2.45, 2.75) is 18.5 Å². The molecule has 1 aromatic carbocycles. The van der Waals surface area contributed by atoms with Crippen molar-refractivity contribution in [2.75, 3.05) is 26.7 Å². The molecule has 6 aliphatic rings. The second-order valence-corrected chi connectivity index (χ2v) is 9.44. The van der Waals surface area contributed by atoms with E-state index in [1.165, 1.54) is 10.5 Å². The first kappa shape index (κ1) is 17.4. The van der Waals surface area contributed by atoms with Gasteiger partial charge in [0.1, 0.15) is 0 Å². The summed E-state index contributed by atoms with van der Waals surface area (Å²) in [6, 6.07) is 10.4. The molecular formula is C23H25N3O3. The summed E-state index contributed by atoms with van der Waals surface area (Å²) in [4.78, 5) is 45.0. The van der Waals surface area contributed by atoms with Crippen LogP contribution in [0.15, 0.2) is 42.5 Å². The van der Waals surface area contributed by atoms with Crippen molar-refractivity contribution in [1.82, 2.24) is 14.7 Å². The van der Waals surface area contributed by atoms with Gasteiger partial charge in [-0.1, -0.05) is 42.5 Å². The van der Waals surface area contributed by atoms with Gasteiger partial charge in [0, 0.05) is 33.2 Å². The van der Waals surface area contributed by atoms with Crippen molar-refractivity contribution in [2.24, 2.45) is 29.6 Å². The predicted octanol–water partition coefficient (Wildman–Crippen LogP) is 1.14. The Bertz CT molecular complexity index is 944. The summed E-state index contributed by atoms with van der Waals surface area (Å²) >= 11 is 0. The number of piperidine rings is 3. The van der Waals surface area contributed by atoms with Gasteiger partial charge in [0.05, 0.1) is 23.3 Å². The Hall–Kier alpha value is -2.47. The Morgan fingerprint density at radius 3 is 2.59 bits per heavy atom. The molecule has 6 atom stereocenters. The Morgan fingerprint density at radius 2 is 1.79 bits per heavy atom. The quantitative estimate of drug-likeness (QED) is 0.560. The molecule has 6 nitrogen and oxygen atoms in total. The highest BCUT2D eigenvalue weighted by molar-refractivity contribution is 6.10. The standard InChI is InChI=1S/C23H25N3O3/c1-24-21(28)18-17-7-8-23(19(18)22(24)29)16-9-15(12-26(23)20(17)27)11-25(13-16)10-14-5-3-2-4-6-14/h2-8,15-19H,9-13H2,1H3/t15-,16+,17+,18-,19+,23+/m1/s1. The van der Waals surface area contributed by atoms with Gasteiger partial charge in [-0.15, -0.1) is 0 Å². The highest BCUT2D eigenvalue weighted by Crippen LogP contribution is 2.58. The molecule has 3 amide bonds. The maximum atomic E-state index is 13.3. The van der Waals surface area contributed by atoms with Gasteiger partial charge in [-0.3, -0.25) is 24.2 Å². The van der Waals surface area contributed by atoms with Gasteiger partial charge < -0.3 is 4.90 Å². The Morgan fingerprint density at radius 1 is 1.00 bits per heavy atom. The van der Waals surface area contributed by atoms with Crippen LogP contribution in [0.5, 0.6) is 0 Å². The van der Waals surface area contributed by atoms with Gasteiger partial charge in [0.15, 0.2) is 0 Å². The number of carbonyl (C=O) groups is 3. The maximum Gasteiger partial charge on any atom is 0.235 e. The van der Waals surface area contributed by atoms with E-state index in [2.05, 4.69) is 35.2 Å². The first-order valence-corrected chi connectivity index (χ1v) is 10.6. The van der Waals surface area contributed by atoms with Crippen molar-refractivity contribution in [3.05, 3.63) is 48.0 Å². The van der Waals surface area contributed by atoms with Crippen molar-refractivity contribution in [1.29, 1.82) is 0 Å². The van der Waals surface area contributed by atoms with Crippen LogP contribution in [0, 0.1) is 29.6 Å². The van der Waals surface area contributed by atoms with Gasteiger partial charge in [0.25, 0.3) is 0 Å². The first-order valence-electron chi connectivity index (χ1n) is 10.6. The molecule has 5 heterocycles. The average Bonchev–Trinajstić information content (AvgIpc) is 2.96. The molecule has 0 saturated carbocycles. The minimum Gasteiger partial charge on any atom is -0.332 e. The molecule has 1 aromatic rings. The summed E-state index contributed by atoms with van der Waals surface area (Å²) in [5.41, 5.74) is 0.644. The molecule has 0 unspecified atom stereocenters. The van der Waals surface area contributed by atoms with Crippen molar-refractivity contribution in [3.8, 4) is 0 Å². The number of carbonyl (C=O) groups excluding carboxylic acids is 3. The van der Waals surface area contributed by atoms with Crippen molar-refractivity contribution < 1.29 is 14.4 Å². The fraction of sp³-hybridized carbons (Fsp3) is 0.522. The summed E-state index contributed by atoms with van der Waals surface area (Å²) < 4.78 is 0. The molecule has 0 radical (unpaired) electrons. The molecule has 4 fully saturated rings. The molecule has 4 saturated heterocycles. The zero-order valence-corrected chi connectivity index (χ0v) is 16.5. The molecule has 29 heavy (non-hydrogen) atoms. The van der Waals surface area contributed by atoms with Gasteiger partial charge in [0.2, 0.25) is 17.7 Å². The first-order chi connectivity index (χ1) is 14.0. The lowest BCUT2D eigenvalue weighted by molar-refractivity contribution is -0.177. The van der Waals surface area contributed by atoms with E-state index in [1.54, 1.807) is 7.05 Å². The summed E-state index contributed by atoms with van der Waals surface area (Å²) in [7, 11) is 1.57. The second kappa shape index (κ2) is 5.79. The van der Waals surface area contributed by atoms with Crippen molar-refractivity contribution >= 4 is 17.7 Å². The minimum atomic E-state index is -0.639. The van der Waals surface area contributed by atoms with Crippen LogP contribution in [0.2, 0.25) is 0 Å². The van der Waals surface area contributed by atoms with E-state index in [9.17, 15) is 14.4 Å². The number of imide groups is 1. The molecule has 5 aliphatic heterocycles. The van der Waals surface area contributed by atoms with Crippen LogP contribution < -0.4 is 0 Å². The van der Waals surface area contributed by atoms with Gasteiger partial charge in [-0.25, -0.2) is 0 Å². The third-order valence-corrected chi connectivity index (χ3v) is 8.00. The largest absolute Gasteiger partial charge is 0.332 e. The normalized spacial score (nSPS) is 40.4. The maximum absolute atomic E-state index is 13.3. The third kappa shape index (κ3) is 2.13. The third-order valence-electron chi connectivity index (χ3n) is 8.00. The van der Waals surface area contributed by atoms with E-state index in [0.717, 1.165) is 26.1 Å². The molecule has 1 spiro atoms. The summed E-state index contributed by atoms with van der Waals surface area (Å²) in [5, 5.41) is 0. The zero-order valence-electron chi connectivity index (χ0n) is 16.5. The summed E-state index contributed by atoms with van der Waals surface area (Å²) in [6.45, 7) is 3.39. The second-order valence-electron chi connectivity index (χ2n) is 9.44. The number of amides is 3. The molecule has 150 valence electrons. The van der Waals surface area contributed by atoms with Crippen molar-refractivity contribution in [3.63, 3.8) is 0 Å². The van der Waals surface area contributed by atoms with Crippen LogP contribution in [0.3, 0.4) is 0 Å². The molecule has 0 aromatic heterocycles. The van der Waals surface area contributed by atoms with Crippen LogP contribution >= 0.6 is 0 Å².